The summed E-state index contributed by atoms with van der Waals surface area (Å²) < 4.78 is 1.75. The standard InChI is InChI=1S/C14H26N4O/c1-10(2)8-18(9-11(3)4)14(19)15-13-7-12(5)17(6)16-13/h7,10-11H,8-9H2,1-6H3,(H,15,16,19). The Kier molecular flexibility index (Phi) is 5.39. The fraction of sp³-hybridized carbons (Fsp3) is 0.714. The van der Waals surface area contributed by atoms with Crippen molar-refractivity contribution in [1.82, 2.24) is 14.7 Å². The van der Waals surface area contributed by atoms with Gasteiger partial charge >= 0.3 is 6.03 Å². The maximum Gasteiger partial charge on any atom is 0.323 e. The third kappa shape index (κ3) is 4.93. The van der Waals surface area contributed by atoms with E-state index in [1.165, 1.54) is 0 Å². The Morgan fingerprint density at radius 2 is 1.84 bits per heavy atom. The molecule has 1 heterocycles. The first-order valence-corrected chi connectivity index (χ1v) is 6.86. The van der Waals surface area contributed by atoms with Crippen LogP contribution >= 0.6 is 0 Å². The Morgan fingerprint density at radius 3 is 2.21 bits per heavy atom. The Balaban J connectivity index is 2.70. The molecule has 0 spiro atoms. The molecule has 0 aliphatic rings. The van der Waals surface area contributed by atoms with Crippen LogP contribution in [-0.2, 0) is 7.05 Å². The van der Waals surface area contributed by atoms with Gasteiger partial charge in [-0.25, -0.2) is 4.79 Å². The number of rotatable bonds is 5. The van der Waals surface area contributed by atoms with E-state index in [2.05, 4.69) is 38.1 Å². The lowest BCUT2D eigenvalue weighted by Gasteiger charge is -2.26. The first kappa shape index (κ1) is 15.5. The molecule has 0 aliphatic heterocycles. The predicted octanol–water partition coefficient (Wildman–Crippen LogP) is 2.87. The van der Waals surface area contributed by atoms with E-state index in [9.17, 15) is 4.79 Å². The number of nitrogens with one attached hydrogen (secondary N) is 1. The van der Waals surface area contributed by atoms with Gasteiger partial charge in [-0.3, -0.25) is 10.00 Å². The fourth-order valence-corrected chi connectivity index (χ4v) is 1.93. The second-order valence-corrected chi connectivity index (χ2v) is 5.92. The van der Waals surface area contributed by atoms with Crippen molar-refractivity contribution in [2.75, 3.05) is 18.4 Å². The summed E-state index contributed by atoms with van der Waals surface area (Å²) in [4.78, 5) is 14.1. The van der Waals surface area contributed by atoms with Gasteiger partial charge in [0.05, 0.1) is 0 Å². The zero-order chi connectivity index (χ0) is 14.6. The molecule has 1 rings (SSSR count). The van der Waals surface area contributed by atoms with Crippen molar-refractivity contribution in [2.45, 2.75) is 34.6 Å². The van der Waals surface area contributed by atoms with E-state index < -0.39 is 0 Å². The summed E-state index contributed by atoms with van der Waals surface area (Å²) in [5.74, 6) is 1.52. The van der Waals surface area contributed by atoms with Crippen LogP contribution < -0.4 is 5.32 Å². The molecule has 0 aliphatic carbocycles. The molecule has 0 saturated heterocycles. The molecular formula is C14H26N4O. The van der Waals surface area contributed by atoms with Crippen molar-refractivity contribution in [3.05, 3.63) is 11.8 Å². The van der Waals surface area contributed by atoms with E-state index in [0.717, 1.165) is 18.8 Å². The highest BCUT2D eigenvalue weighted by molar-refractivity contribution is 5.88. The van der Waals surface area contributed by atoms with E-state index in [0.29, 0.717) is 17.7 Å². The van der Waals surface area contributed by atoms with Crippen molar-refractivity contribution in [3.63, 3.8) is 0 Å². The Bertz CT molecular complexity index is 394. The van der Waals surface area contributed by atoms with E-state index in [4.69, 9.17) is 0 Å². The molecule has 19 heavy (non-hydrogen) atoms. The number of nitrogens with zero attached hydrogens (tertiary/aromatic N) is 3. The number of aryl methyl sites for hydroxylation is 2. The van der Waals surface area contributed by atoms with Gasteiger partial charge in [0.1, 0.15) is 0 Å². The van der Waals surface area contributed by atoms with E-state index in [1.54, 1.807) is 4.68 Å². The highest BCUT2D eigenvalue weighted by Crippen LogP contribution is 2.10. The Morgan fingerprint density at radius 1 is 1.32 bits per heavy atom. The molecule has 0 fully saturated rings. The highest BCUT2D eigenvalue weighted by atomic mass is 16.2. The van der Waals surface area contributed by atoms with Gasteiger partial charge in [-0.05, 0) is 18.8 Å². The highest BCUT2D eigenvalue weighted by Gasteiger charge is 2.17. The van der Waals surface area contributed by atoms with Gasteiger partial charge in [-0.2, -0.15) is 5.10 Å². The van der Waals surface area contributed by atoms with Crippen LogP contribution in [-0.4, -0.2) is 33.8 Å². The zero-order valence-electron chi connectivity index (χ0n) is 12.9. The summed E-state index contributed by atoms with van der Waals surface area (Å²) in [7, 11) is 1.87. The van der Waals surface area contributed by atoms with Gasteiger partial charge in [-0.1, -0.05) is 27.7 Å². The second kappa shape index (κ2) is 6.59. The molecule has 0 atom stereocenters. The lowest BCUT2D eigenvalue weighted by Crippen LogP contribution is -2.40. The average molecular weight is 266 g/mol. The number of urea groups is 1. The summed E-state index contributed by atoms with van der Waals surface area (Å²) in [6.07, 6.45) is 0. The summed E-state index contributed by atoms with van der Waals surface area (Å²) in [6.45, 7) is 11.9. The normalized spacial score (nSPS) is 11.2. The minimum absolute atomic E-state index is 0.0690. The van der Waals surface area contributed by atoms with Crippen LogP contribution in [0.25, 0.3) is 0 Å². The molecule has 5 nitrogen and oxygen atoms in total. The first-order valence-electron chi connectivity index (χ1n) is 6.86. The third-order valence-corrected chi connectivity index (χ3v) is 2.81. The molecule has 1 aromatic heterocycles. The van der Waals surface area contributed by atoms with E-state index in [-0.39, 0.29) is 6.03 Å². The van der Waals surface area contributed by atoms with Crippen molar-refractivity contribution in [2.24, 2.45) is 18.9 Å². The van der Waals surface area contributed by atoms with Crippen molar-refractivity contribution >= 4 is 11.8 Å². The smallest absolute Gasteiger partial charge is 0.323 e. The zero-order valence-corrected chi connectivity index (χ0v) is 12.9. The van der Waals surface area contributed by atoms with Crippen LogP contribution in [0.5, 0.6) is 0 Å². The van der Waals surface area contributed by atoms with Crippen molar-refractivity contribution in [3.8, 4) is 0 Å². The summed E-state index contributed by atoms with van der Waals surface area (Å²) >= 11 is 0. The maximum absolute atomic E-state index is 12.3. The third-order valence-electron chi connectivity index (χ3n) is 2.81. The van der Waals surface area contributed by atoms with Crippen LogP contribution in [0.3, 0.4) is 0 Å². The average Bonchev–Trinajstić information content (AvgIpc) is 2.55. The van der Waals surface area contributed by atoms with Gasteiger partial charge in [0.25, 0.3) is 0 Å². The van der Waals surface area contributed by atoms with E-state index in [1.807, 2.05) is 24.9 Å². The molecule has 108 valence electrons. The van der Waals surface area contributed by atoms with Gasteiger partial charge < -0.3 is 4.90 Å². The second-order valence-electron chi connectivity index (χ2n) is 5.92. The number of carbonyl (C=O) groups is 1. The Labute approximate surface area is 116 Å². The predicted molar refractivity (Wildman–Crippen MR) is 78.2 cm³/mol. The Hall–Kier alpha value is -1.52. The summed E-state index contributed by atoms with van der Waals surface area (Å²) in [5.41, 5.74) is 1.02. The molecule has 5 heteroatoms. The molecule has 1 N–H and O–H groups in total. The lowest BCUT2D eigenvalue weighted by atomic mass is 10.1. The van der Waals surface area contributed by atoms with Gasteiger partial charge in [-0.15, -0.1) is 0 Å². The van der Waals surface area contributed by atoms with Gasteiger partial charge in [0, 0.05) is 31.9 Å². The molecule has 1 aromatic rings. The van der Waals surface area contributed by atoms with Crippen molar-refractivity contribution < 1.29 is 4.79 Å². The topological polar surface area (TPSA) is 50.2 Å². The number of amides is 2. The minimum atomic E-state index is -0.0690. The monoisotopic (exact) mass is 266 g/mol. The molecule has 0 unspecified atom stereocenters. The molecule has 0 radical (unpaired) electrons. The summed E-state index contributed by atoms with van der Waals surface area (Å²) in [5, 5.41) is 7.12. The molecule has 2 amide bonds. The summed E-state index contributed by atoms with van der Waals surface area (Å²) in [6, 6.07) is 1.81. The largest absolute Gasteiger partial charge is 0.324 e. The molecular weight excluding hydrogens is 240 g/mol. The SMILES string of the molecule is Cc1cc(NC(=O)N(CC(C)C)CC(C)C)nn1C. The van der Waals surface area contributed by atoms with Crippen LogP contribution in [0, 0.1) is 18.8 Å². The van der Waals surface area contributed by atoms with Crippen LogP contribution in [0.2, 0.25) is 0 Å². The van der Waals surface area contributed by atoms with Crippen LogP contribution in [0.15, 0.2) is 6.07 Å². The molecule has 0 saturated carbocycles. The lowest BCUT2D eigenvalue weighted by molar-refractivity contribution is 0.196. The number of aromatic nitrogens is 2. The van der Waals surface area contributed by atoms with Gasteiger partial charge in [0.15, 0.2) is 5.82 Å². The number of hydrogen-bond acceptors (Lipinski definition) is 2. The minimum Gasteiger partial charge on any atom is -0.324 e. The van der Waals surface area contributed by atoms with E-state index >= 15 is 0 Å². The van der Waals surface area contributed by atoms with Crippen LogP contribution in [0.4, 0.5) is 10.6 Å². The number of anilines is 1. The molecule has 0 bridgehead atoms. The first-order chi connectivity index (χ1) is 8.79. The number of hydrogen-bond donors (Lipinski definition) is 1. The maximum atomic E-state index is 12.3. The van der Waals surface area contributed by atoms with Crippen LogP contribution in [0.1, 0.15) is 33.4 Å². The van der Waals surface area contributed by atoms with Crippen molar-refractivity contribution in [1.29, 1.82) is 0 Å². The number of carbonyl (C=O) groups excluding carboxylic acids is 1. The fourth-order valence-electron chi connectivity index (χ4n) is 1.93. The quantitative estimate of drug-likeness (QED) is 0.891. The van der Waals surface area contributed by atoms with Gasteiger partial charge in [0.2, 0.25) is 0 Å². The molecule has 0 aromatic carbocycles.